The highest BCUT2D eigenvalue weighted by atomic mass is 35.5. The van der Waals surface area contributed by atoms with Gasteiger partial charge >= 0.3 is 6.03 Å². The van der Waals surface area contributed by atoms with Gasteiger partial charge in [0.1, 0.15) is 11.8 Å². The number of urea groups is 1. The van der Waals surface area contributed by atoms with E-state index >= 15 is 0 Å². The van der Waals surface area contributed by atoms with E-state index < -0.39 is 11.6 Å². The van der Waals surface area contributed by atoms with Crippen molar-refractivity contribution in [2.75, 3.05) is 0 Å². The topological polar surface area (TPSA) is 60.9 Å². The van der Waals surface area contributed by atoms with E-state index in [1.165, 1.54) is 15.9 Å². The van der Waals surface area contributed by atoms with Crippen LogP contribution in [-0.4, -0.2) is 38.4 Å². The number of halogens is 2. The van der Waals surface area contributed by atoms with Crippen molar-refractivity contribution in [2.45, 2.75) is 52.7 Å². The Bertz CT molecular complexity index is 683. The fourth-order valence-electron chi connectivity index (χ4n) is 2.96. The fourth-order valence-corrected chi connectivity index (χ4v) is 3.49. The Labute approximate surface area is 152 Å². The van der Waals surface area contributed by atoms with Crippen LogP contribution in [0.1, 0.15) is 40.2 Å². The Morgan fingerprint density at radius 3 is 2.29 bits per heavy atom. The first kappa shape index (κ1) is 18.9. The van der Waals surface area contributed by atoms with E-state index in [1.54, 1.807) is 6.07 Å². The number of benzene rings is 1. The van der Waals surface area contributed by atoms with Gasteiger partial charge in [-0.3, -0.25) is 9.69 Å². The lowest BCUT2D eigenvalue weighted by Crippen LogP contribution is -2.46. The number of hydrogen-bond donors (Lipinski definition) is 1. The average molecular weight is 373 g/mol. The number of imide groups is 1. The standard InChI is InChI=1S/C17H22Cl2N2O3/c1-9(2)13-15(23)21(17(3,4)5)16(24)20(13)8-10-6-11(18)7-12(19)14(10)22/h6-7,9,13,22H,8H2,1-5H3/t13-/m0/s1. The molecular formula is C17H22Cl2N2O3. The maximum atomic E-state index is 12.8. The summed E-state index contributed by atoms with van der Waals surface area (Å²) < 4.78 is 0. The summed E-state index contributed by atoms with van der Waals surface area (Å²) in [7, 11) is 0. The lowest BCUT2D eigenvalue weighted by atomic mass is 10.0. The summed E-state index contributed by atoms with van der Waals surface area (Å²) in [5.41, 5.74) is -0.209. The zero-order valence-electron chi connectivity index (χ0n) is 14.4. The van der Waals surface area contributed by atoms with Crippen molar-refractivity contribution in [1.29, 1.82) is 0 Å². The first-order valence-electron chi connectivity index (χ1n) is 7.76. The maximum absolute atomic E-state index is 12.8. The van der Waals surface area contributed by atoms with Gasteiger partial charge in [-0.1, -0.05) is 37.0 Å². The highest BCUT2D eigenvalue weighted by Gasteiger charge is 2.50. The predicted octanol–water partition coefficient (Wildman–Crippen LogP) is 4.29. The van der Waals surface area contributed by atoms with Gasteiger partial charge in [0.15, 0.2) is 0 Å². The van der Waals surface area contributed by atoms with E-state index in [0.717, 1.165) is 0 Å². The smallest absolute Gasteiger partial charge is 0.328 e. The van der Waals surface area contributed by atoms with Crippen molar-refractivity contribution < 1.29 is 14.7 Å². The lowest BCUT2D eigenvalue weighted by molar-refractivity contribution is -0.132. The summed E-state index contributed by atoms with van der Waals surface area (Å²) in [6, 6.07) is 2.02. The molecule has 5 nitrogen and oxygen atoms in total. The largest absolute Gasteiger partial charge is 0.506 e. The number of hydrogen-bond acceptors (Lipinski definition) is 3. The van der Waals surface area contributed by atoms with Crippen LogP contribution in [0.4, 0.5) is 4.79 Å². The Morgan fingerprint density at radius 2 is 1.79 bits per heavy atom. The van der Waals surface area contributed by atoms with E-state index in [4.69, 9.17) is 23.2 Å². The molecule has 0 unspecified atom stereocenters. The van der Waals surface area contributed by atoms with E-state index in [-0.39, 0.29) is 35.2 Å². The summed E-state index contributed by atoms with van der Waals surface area (Å²) in [6.07, 6.45) is 0. The van der Waals surface area contributed by atoms with Crippen LogP contribution in [0.15, 0.2) is 12.1 Å². The van der Waals surface area contributed by atoms with E-state index in [2.05, 4.69) is 0 Å². The quantitative estimate of drug-likeness (QED) is 0.805. The fraction of sp³-hybridized carbons (Fsp3) is 0.529. The first-order valence-corrected chi connectivity index (χ1v) is 8.52. The van der Waals surface area contributed by atoms with Gasteiger partial charge in [-0.2, -0.15) is 0 Å². The maximum Gasteiger partial charge on any atom is 0.328 e. The molecule has 1 aromatic carbocycles. The van der Waals surface area contributed by atoms with Crippen molar-refractivity contribution >= 4 is 35.1 Å². The molecule has 2 rings (SSSR count). The summed E-state index contributed by atoms with van der Waals surface area (Å²) in [6.45, 7) is 9.29. The van der Waals surface area contributed by atoms with Crippen LogP contribution in [0.5, 0.6) is 5.75 Å². The lowest BCUT2D eigenvalue weighted by Gasteiger charge is -2.29. The van der Waals surface area contributed by atoms with E-state index in [1.807, 2.05) is 34.6 Å². The van der Waals surface area contributed by atoms with Crippen LogP contribution in [0, 0.1) is 5.92 Å². The van der Waals surface area contributed by atoms with Crippen LogP contribution in [0.2, 0.25) is 10.0 Å². The predicted molar refractivity (Wildman–Crippen MR) is 94.3 cm³/mol. The number of phenols is 1. The number of rotatable bonds is 3. The van der Waals surface area contributed by atoms with Crippen LogP contribution < -0.4 is 0 Å². The number of carbonyl (C=O) groups is 2. The molecule has 7 heteroatoms. The SMILES string of the molecule is CC(C)[C@H]1C(=O)N(C(C)(C)C)C(=O)N1Cc1cc(Cl)cc(Cl)c1O. The second-order valence-electron chi connectivity index (χ2n) is 7.34. The second-order valence-corrected chi connectivity index (χ2v) is 8.18. The first-order chi connectivity index (χ1) is 10.9. The minimum absolute atomic E-state index is 0.0616. The molecule has 1 N–H and O–H groups in total. The molecule has 1 aliphatic heterocycles. The molecule has 132 valence electrons. The third-order valence-corrected chi connectivity index (χ3v) is 4.50. The number of nitrogens with zero attached hydrogens (tertiary/aromatic N) is 2. The third kappa shape index (κ3) is 3.33. The minimum atomic E-state index is -0.621. The van der Waals surface area contributed by atoms with Gasteiger partial charge in [0.2, 0.25) is 0 Å². The van der Waals surface area contributed by atoms with Gasteiger partial charge < -0.3 is 10.0 Å². The second kappa shape index (κ2) is 6.45. The van der Waals surface area contributed by atoms with Crippen molar-refractivity contribution in [3.8, 4) is 5.75 Å². The van der Waals surface area contributed by atoms with Gasteiger partial charge in [0.25, 0.3) is 5.91 Å². The molecule has 0 aromatic heterocycles. The molecule has 24 heavy (non-hydrogen) atoms. The van der Waals surface area contributed by atoms with Crippen LogP contribution in [-0.2, 0) is 11.3 Å². The Kier molecular flexibility index (Phi) is 5.07. The summed E-state index contributed by atoms with van der Waals surface area (Å²) in [4.78, 5) is 28.4. The molecule has 1 aliphatic rings. The summed E-state index contributed by atoms with van der Waals surface area (Å²) >= 11 is 12.0. The monoisotopic (exact) mass is 372 g/mol. The summed E-state index contributed by atoms with van der Waals surface area (Å²) in [5.74, 6) is -0.418. The van der Waals surface area contributed by atoms with Crippen LogP contribution >= 0.6 is 23.2 Å². The van der Waals surface area contributed by atoms with Gasteiger partial charge in [-0.05, 0) is 38.8 Å². The van der Waals surface area contributed by atoms with Crippen molar-refractivity contribution in [2.24, 2.45) is 5.92 Å². The highest BCUT2D eigenvalue weighted by molar-refractivity contribution is 6.35. The van der Waals surface area contributed by atoms with Crippen LogP contribution in [0.25, 0.3) is 0 Å². The Hall–Kier alpha value is -1.46. The van der Waals surface area contributed by atoms with E-state index in [9.17, 15) is 14.7 Å². The molecule has 1 heterocycles. The summed E-state index contributed by atoms with van der Waals surface area (Å²) in [5, 5.41) is 10.6. The van der Waals surface area contributed by atoms with Crippen molar-refractivity contribution in [3.63, 3.8) is 0 Å². The third-order valence-electron chi connectivity index (χ3n) is 4.00. The molecule has 0 bridgehead atoms. The van der Waals surface area contributed by atoms with Gasteiger partial charge in [0, 0.05) is 16.1 Å². The molecular weight excluding hydrogens is 351 g/mol. The number of phenolic OH excluding ortho intramolecular Hbond substituents is 1. The minimum Gasteiger partial charge on any atom is -0.506 e. The number of amides is 3. The molecule has 1 saturated heterocycles. The van der Waals surface area contributed by atoms with E-state index in [0.29, 0.717) is 10.6 Å². The van der Waals surface area contributed by atoms with Gasteiger partial charge in [0.05, 0.1) is 11.6 Å². The number of carbonyl (C=O) groups excluding carboxylic acids is 2. The van der Waals surface area contributed by atoms with Crippen LogP contribution in [0.3, 0.4) is 0 Å². The molecule has 0 saturated carbocycles. The molecule has 0 radical (unpaired) electrons. The average Bonchev–Trinajstić information content (AvgIpc) is 2.66. The Balaban J connectivity index is 2.44. The van der Waals surface area contributed by atoms with Crippen molar-refractivity contribution in [3.05, 3.63) is 27.7 Å². The van der Waals surface area contributed by atoms with Gasteiger partial charge in [-0.15, -0.1) is 0 Å². The molecule has 1 aromatic rings. The van der Waals surface area contributed by atoms with Crippen molar-refractivity contribution in [1.82, 2.24) is 9.80 Å². The molecule has 0 aliphatic carbocycles. The Morgan fingerprint density at radius 1 is 1.21 bits per heavy atom. The zero-order valence-corrected chi connectivity index (χ0v) is 15.9. The number of aromatic hydroxyl groups is 1. The molecule has 0 spiro atoms. The highest BCUT2D eigenvalue weighted by Crippen LogP contribution is 2.35. The molecule has 1 atom stereocenters. The zero-order chi connectivity index (χ0) is 18.4. The normalized spacial score (nSPS) is 18.9. The van der Waals surface area contributed by atoms with Gasteiger partial charge in [-0.25, -0.2) is 4.79 Å². The molecule has 3 amide bonds. The molecule has 1 fully saturated rings.